The minimum absolute atomic E-state index is 0.0390. The van der Waals surface area contributed by atoms with Crippen LogP contribution in [0, 0.1) is 0 Å². The Morgan fingerprint density at radius 2 is 2.14 bits per heavy atom. The van der Waals surface area contributed by atoms with Gasteiger partial charge in [-0.3, -0.25) is 0 Å². The van der Waals surface area contributed by atoms with E-state index in [4.69, 9.17) is 9.84 Å². The third kappa shape index (κ3) is 7.25. The predicted molar refractivity (Wildman–Crippen MR) is 54.6 cm³/mol. The van der Waals surface area contributed by atoms with Crippen LogP contribution >= 0.6 is 0 Å². The van der Waals surface area contributed by atoms with E-state index in [1.807, 2.05) is 0 Å². The summed E-state index contributed by atoms with van der Waals surface area (Å²) in [6.07, 6.45) is 0.404. The molecule has 2 N–H and O–H groups in total. The highest BCUT2D eigenvalue weighted by Crippen LogP contribution is 1.93. The van der Waals surface area contributed by atoms with Crippen LogP contribution in [-0.2, 0) is 14.8 Å². The number of aliphatic hydroxyl groups is 1. The molecule has 0 radical (unpaired) electrons. The lowest BCUT2D eigenvalue weighted by molar-refractivity contribution is 0.174. The third-order valence-corrected chi connectivity index (χ3v) is 3.20. The Labute approximate surface area is 85.5 Å². The summed E-state index contributed by atoms with van der Waals surface area (Å²) in [4.78, 5) is 0. The maximum Gasteiger partial charge on any atom is 0.211 e. The van der Waals surface area contributed by atoms with Crippen molar-refractivity contribution in [1.82, 2.24) is 4.72 Å². The zero-order valence-corrected chi connectivity index (χ0v) is 9.51. The molecule has 0 aliphatic rings. The molecule has 0 aliphatic heterocycles. The summed E-state index contributed by atoms with van der Waals surface area (Å²) in [5.41, 5.74) is 0. The van der Waals surface area contributed by atoms with Crippen molar-refractivity contribution in [2.24, 2.45) is 0 Å². The lowest BCUT2D eigenvalue weighted by Gasteiger charge is -2.09. The van der Waals surface area contributed by atoms with Crippen LogP contribution < -0.4 is 4.72 Å². The van der Waals surface area contributed by atoms with Gasteiger partial charge in [0.1, 0.15) is 0 Å². The number of hydrogen-bond acceptors (Lipinski definition) is 4. The highest BCUT2D eigenvalue weighted by Gasteiger charge is 2.11. The van der Waals surface area contributed by atoms with Crippen LogP contribution in [0.4, 0.5) is 0 Å². The van der Waals surface area contributed by atoms with Crippen LogP contribution in [0.1, 0.15) is 19.8 Å². The second-order valence-electron chi connectivity index (χ2n) is 3.08. The summed E-state index contributed by atoms with van der Waals surface area (Å²) in [6.45, 7) is 2.31. The minimum atomic E-state index is -3.25. The molecule has 0 rings (SSSR count). The van der Waals surface area contributed by atoms with Crippen molar-refractivity contribution in [2.75, 3.05) is 26.0 Å². The van der Waals surface area contributed by atoms with Crippen LogP contribution in [0.3, 0.4) is 0 Å². The predicted octanol–water partition coefficient (Wildman–Crippen LogP) is -0.287. The smallest absolute Gasteiger partial charge is 0.211 e. The topological polar surface area (TPSA) is 75.6 Å². The zero-order chi connectivity index (χ0) is 11.0. The Bertz CT molecular complexity index is 227. The number of methoxy groups -OCH3 is 1. The van der Waals surface area contributed by atoms with E-state index in [0.29, 0.717) is 19.4 Å². The van der Waals surface area contributed by atoms with Gasteiger partial charge in [0, 0.05) is 20.3 Å². The maximum absolute atomic E-state index is 11.2. The molecule has 0 saturated heterocycles. The van der Waals surface area contributed by atoms with E-state index >= 15 is 0 Å². The second kappa shape index (κ2) is 7.17. The molecule has 0 spiro atoms. The molecule has 0 heterocycles. The van der Waals surface area contributed by atoms with Crippen LogP contribution in [0.25, 0.3) is 0 Å². The molecule has 0 saturated carbocycles. The first-order valence-corrected chi connectivity index (χ1v) is 6.31. The van der Waals surface area contributed by atoms with Crippen molar-refractivity contribution >= 4 is 10.0 Å². The average Bonchev–Trinajstić information content (AvgIpc) is 2.14. The quantitative estimate of drug-likeness (QED) is 0.557. The lowest BCUT2D eigenvalue weighted by atomic mass is 10.3. The van der Waals surface area contributed by atoms with E-state index in [1.165, 1.54) is 7.11 Å². The molecular formula is C8H19NO4S. The van der Waals surface area contributed by atoms with Crippen molar-refractivity contribution in [3.63, 3.8) is 0 Å². The average molecular weight is 225 g/mol. The maximum atomic E-state index is 11.2. The van der Waals surface area contributed by atoms with Gasteiger partial charge in [-0.25, -0.2) is 13.1 Å². The molecular weight excluding hydrogens is 206 g/mol. The Hall–Kier alpha value is -0.170. The van der Waals surface area contributed by atoms with Crippen molar-refractivity contribution < 1.29 is 18.3 Å². The summed E-state index contributed by atoms with van der Waals surface area (Å²) in [5, 5.41) is 9.14. The SMILES string of the molecule is CCC(O)CNS(=O)(=O)CCCOC. The van der Waals surface area contributed by atoms with Crippen molar-refractivity contribution in [2.45, 2.75) is 25.9 Å². The molecule has 0 aromatic heterocycles. The van der Waals surface area contributed by atoms with E-state index in [-0.39, 0.29) is 12.3 Å². The second-order valence-corrected chi connectivity index (χ2v) is 5.00. The summed E-state index contributed by atoms with van der Waals surface area (Å²) in [6, 6.07) is 0. The van der Waals surface area contributed by atoms with Gasteiger partial charge in [0.2, 0.25) is 10.0 Å². The van der Waals surface area contributed by atoms with Gasteiger partial charge >= 0.3 is 0 Å². The molecule has 86 valence electrons. The monoisotopic (exact) mass is 225 g/mol. The minimum Gasteiger partial charge on any atom is -0.392 e. The number of aliphatic hydroxyl groups excluding tert-OH is 1. The summed E-state index contributed by atoms with van der Waals surface area (Å²) < 4.78 is 29.6. The van der Waals surface area contributed by atoms with Gasteiger partial charge in [-0.2, -0.15) is 0 Å². The first kappa shape index (κ1) is 13.8. The molecule has 0 fully saturated rings. The van der Waals surface area contributed by atoms with E-state index in [2.05, 4.69) is 4.72 Å². The summed E-state index contributed by atoms with van der Waals surface area (Å²) in [7, 11) is -1.72. The van der Waals surface area contributed by atoms with Crippen LogP contribution in [0.5, 0.6) is 0 Å². The van der Waals surface area contributed by atoms with Gasteiger partial charge in [0.05, 0.1) is 11.9 Å². The molecule has 5 nitrogen and oxygen atoms in total. The fourth-order valence-electron chi connectivity index (χ4n) is 0.833. The number of hydrogen-bond donors (Lipinski definition) is 2. The van der Waals surface area contributed by atoms with Crippen LogP contribution in [0.15, 0.2) is 0 Å². The van der Waals surface area contributed by atoms with Gasteiger partial charge in [-0.05, 0) is 12.8 Å². The molecule has 0 bridgehead atoms. The number of nitrogens with one attached hydrogen (secondary N) is 1. The first-order valence-electron chi connectivity index (χ1n) is 4.66. The Morgan fingerprint density at radius 1 is 1.50 bits per heavy atom. The normalized spacial score (nSPS) is 14.2. The van der Waals surface area contributed by atoms with E-state index in [9.17, 15) is 8.42 Å². The molecule has 0 aliphatic carbocycles. The van der Waals surface area contributed by atoms with Gasteiger partial charge in [-0.15, -0.1) is 0 Å². The molecule has 14 heavy (non-hydrogen) atoms. The highest BCUT2D eigenvalue weighted by molar-refractivity contribution is 7.89. The zero-order valence-electron chi connectivity index (χ0n) is 8.69. The van der Waals surface area contributed by atoms with Crippen molar-refractivity contribution in [3.05, 3.63) is 0 Å². The van der Waals surface area contributed by atoms with Crippen LogP contribution in [-0.4, -0.2) is 45.6 Å². The molecule has 1 unspecified atom stereocenters. The largest absolute Gasteiger partial charge is 0.392 e. The molecule has 0 aromatic carbocycles. The van der Waals surface area contributed by atoms with E-state index in [0.717, 1.165) is 0 Å². The van der Waals surface area contributed by atoms with Gasteiger partial charge in [0.15, 0.2) is 0 Å². The Kier molecular flexibility index (Phi) is 7.08. The van der Waals surface area contributed by atoms with Gasteiger partial charge in [0.25, 0.3) is 0 Å². The molecule has 0 aromatic rings. The Morgan fingerprint density at radius 3 is 2.64 bits per heavy atom. The van der Waals surface area contributed by atoms with Crippen LogP contribution in [0.2, 0.25) is 0 Å². The molecule has 0 amide bonds. The summed E-state index contributed by atoms with van der Waals surface area (Å²) >= 11 is 0. The van der Waals surface area contributed by atoms with Crippen molar-refractivity contribution in [3.8, 4) is 0 Å². The molecule has 1 atom stereocenters. The number of ether oxygens (including phenoxy) is 1. The number of rotatable bonds is 8. The van der Waals surface area contributed by atoms with Crippen molar-refractivity contribution in [1.29, 1.82) is 0 Å². The molecule has 6 heteroatoms. The first-order chi connectivity index (χ1) is 6.52. The highest BCUT2D eigenvalue weighted by atomic mass is 32.2. The Balaban J connectivity index is 3.73. The number of sulfonamides is 1. The van der Waals surface area contributed by atoms with Gasteiger partial charge in [-0.1, -0.05) is 6.92 Å². The summed E-state index contributed by atoms with van der Waals surface area (Å²) in [5.74, 6) is 0.0390. The van der Waals surface area contributed by atoms with Gasteiger partial charge < -0.3 is 9.84 Å². The van der Waals surface area contributed by atoms with E-state index in [1.54, 1.807) is 6.92 Å². The third-order valence-electron chi connectivity index (χ3n) is 1.77. The fraction of sp³-hybridized carbons (Fsp3) is 1.00. The van der Waals surface area contributed by atoms with E-state index < -0.39 is 16.1 Å². The lowest BCUT2D eigenvalue weighted by Crippen LogP contribution is -2.33. The standard InChI is InChI=1S/C8H19NO4S/c1-3-8(10)7-9-14(11,12)6-4-5-13-2/h8-10H,3-7H2,1-2H3. The fourth-order valence-corrected chi connectivity index (χ4v) is 1.92.